The molecular weight excluding hydrogens is 467 g/mol. The standard InChI is InChI=1S/C24H20Cl2N2O5/c1-31-19-8-7-16(24(30)28-22-17(25)10-27-11-18(22)26)21-15(13-33-23(19)21)9-20(29)32-12-14-5-3-2-4-6-14/h2-8,10-11,15H,9,12-13H2,1H3,(H,27,28,30). The molecule has 0 saturated heterocycles. The second-order valence-electron chi connectivity index (χ2n) is 7.35. The smallest absolute Gasteiger partial charge is 0.306 e. The summed E-state index contributed by atoms with van der Waals surface area (Å²) in [6.07, 6.45) is 2.82. The number of esters is 1. The second kappa shape index (κ2) is 10.1. The lowest BCUT2D eigenvalue weighted by atomic mass is 9.92. The van der Waals surface area contributed by atoms with Gasteiger partial charge in [0.15, 0.2) is 11.5 Å². The van der Waals surface area contributed by atoms with Gasteiger partial charge in [0.1, 0.15) is 6.61 Å². The summed E-state index contributed by atoms with van der Waals surface area (Å²) in [6.45, 7) is 0.387. The molecule has 4 rings (SSSR count). The number of pyridine rings is 1. The minimum Gasteiger partial charge on any atom is -0.493 e. The summed E-state index contributed by atoms with van der Waals surface area (Å²) in [7, 11) is 1.51. The van der Waals surface area contributed by atoms with E-state index >= 15 is 0 Å². The molecule has 1 unspecified atom stereocenters. The molecule has 1 atom stereocenters. The number of carbonyl (C=O) groups is 2. The Labute approximate surface area is 200 Å². The van der Waals surface area contributed by atoms with Crippen molar-refractivity contribution >= 4 is 40.8 Å². The molecule has 1 aromatic heterocycles. The average molecular weight is 487 g/mol. The Hall–Kier alpha value is -3.29. The van der Waals surface area contributed by atoms with Gasteiger partial charge < -0.3 is 19.5 Å². The summed E-state index contributed by atoms with van der Waals surface area (Å²) in [5, 5.41) is 3.14. The van der Waals surface area contributed by atoms with Crippen molar-refractivity contribution in [1.29, 1.82) is 0 Å². The first kappa shape index (κ1) is 22.9. The van der Waals surface area contributed by atoms with Crippen LogP contribution in [0.15, 0.2) is 54.9 Å². The molecule has 0 saturated carbocycles. The number of carbonyl (C=O) groups excluding carboxylic acids is 2. The monoisotopic (exact) mass is 486 g/mol. The van der Waals surface area contributed by atoms with E-state index in [1.807, 2.05) is 30.3 Å². The molecule has 0 aliphatic carbocycles. The van der Waals surface area contributed by atoms with E-state index in [1.54, 1.807) is 12.1 Å². The molecule has 1 aliphatic rings. The van der Waals surface area contributed by atoms with Crippen molar-refractivity contribution in [2.75, 3.05) is 19.0 Å². The number of hydrogen-bond acceptors (Lipinski definition) is 6. The van der Waals surface area contributed by atoms with Gasteiger partial charge in [-0.15, -0.1) is 0 Å². The van der Waals surface area contributed by atoms with Crippen LogP contribution >= 0.6 is 23.2 Å². The molecule has 170 valence electrons. The summed E-state index contributed by atoms with van der Waals surface area (Å²) in [5.41, 5.74) is 2.04. The molecule has 1 amide bonds. The van der Waals surface area contributed by atoms with E-state index in [-0.39, 0.29) is 41.3 Å². The summed E-state index contributed by atoms with van der Waals surface area (Å²) < 4.78 is 16.6. The van der Waals surface area contributed by atoms with Crippen molar-refractivity contribution in [2.24, 2.45) is 0 Å². The third kappa shape index (κ3) is 5.05. The van der Waals surface area contributed by atoms with Gasteiger partial charge in [0, 0.05) is 29.4 Å². The van der Waals surface area contributed by atoms with E-state index in [0.717, 1.165) is 5.56 Å². The highest BCUT2D eigenvalue weighted by Crippen LogP contribution is 2.45. The maximum absolute atomic E-state index is 13.2. The van der Waals surface area contributed by atoms with E-state index in [4.69, 9.17) is 37.4 Å². The van der Waals surface area contributed by atoms with Crippen LogP contribution in [0, 0.1) is 0 Å². The number of rotatable bonds is 7. The number of amides is 1. The van der Waals surface area contributed by atoms with Gasteiger partial charge in [-0.1, -0.05) is 53.5 Å². The van der Waals surface area contributed by atoms with Gasteiger partial charge in [-0.05, 0) is 17.7 Å². The van der Waals surface area contributed by atoms with Crippen LogP contribution < -0.4 is 14.8 Å². The Bertz CT molecular complexity index is 1170. The number of fused-ring (bicyclic) bond motifs is 1. The molecule has 7 nitrogen and oxygen atoms in total. The highest BCUT2D eigenvalue weighted by atomic mass is 35.5. The Morgan fingerprint density at radius 1 is 1.12 bits per heavy atom. The van der Waals surface area contributed by atoms with Crippen molar-refractivity contribution in [2.45, 2.75) is 18.9 Å². The van der Waals surface area contributed by atoms with Gasteiger partial charge in [0.2, 0.25) is 0 Å². The normalized spacial score (nSPS) is 14.2. The number of halogens is 2. The zero-order chi connectivity index (χ0) is 23.4. The summed E-state index contributed by atoms with van der Waals surface area (Å²) in [6, 6.07) is 12.7. The molecule has 1 aliphatic heterocycles. The van der Waals surface area contributed by atoms with Gasteiger partial charge in [-0.25, -0.2) is 0 Å². The van der Waals surface area contributed by atoms with Gasteiger partial charge in [-0.2, -0.15) is 0 Å². The molecule has 0 spiro atoms. The number of nitrogens with zero attached hydrogens (tertiary/aromatic N) is 1. The molecule has 33 heavy (non-hydrogen) atoms. The Morgan fingerprint density at radius 3 is 2.55 bits per heavy atom. The topological polar surface area (TPSA) is 86.8 Å². The van der Waals surface area contributed by atoms with Crippen LogP contribution in [0.4, 0.5) is 5.69 Å². The van der Waals surface area contributed by atoms with Crippen LogP contribution in [0.25, 0.3) is 0 Å². The van der Waals surface area contributed by atoms with Crippen LogP contribution in [-0.4, -0.2) is 30.6 Å². The minimum absolute atomic E-state index is 0.0457. The van der Waals surface area contributed by atoms with Gasteiger partial charge >= 0.3 is 5.97 Å². The SMILES string of the molecule is COc1ccc(C(=O)Nc2c(Cl)cncc2Cl)c2c1OCC2CC(=O)OCc1ccccc1. The first-order valence-electron chi connectivity index (χ1n) is 10.1. The van der Waals surface area contributed by atoms with Crippen molar-refractivity contribution < 1.29 is 23.8 Å². The maximum atomic E-state index is 13.2. The number of benzene rings is 2. The molecule has 1 N–H and O–H groups in total. The molecular formula is C24H20Cl2N2O5. The van der Waals surface area contributed by atoms with Crippen molar-refractivity contribution in [3.8, 4) is 11.5 Å². The number of anilines is 1. The summed E-state index contributed by atoms with van der Waals surface area (Å²) >= 11 is 12.3. The van der Waals surface area contributed by atoms with Crippen LogP contribution in [-0.2, 0) is 16.1 Å². The molecule has 2 aromatic carbocycles. The number of aromatic nitrogens is 1. The van der Waals surface area contributed by atoms with Gasteiger partial charge in [0.25, 0.3) is 5.91 Å². The quantitative estimate of drug-likeness (QED) is 0.458. The number of nitrogens with one attached hydrogen (secondary N) is 1. The fourth-order valence-corrected chi connectivity index (χ4v) is 4.09. The van der Waals surface area contributed by atoms with Gasteiger partial charge in [-0.3, -0.25) is 14.6 Å². The first-order chi connectivity index (χ1) is 16.0. The third-order valence-electron chi connectivity index (χ3n) is 5.21. The lowest BCUT2D eigenvalue weighted by Crippen LogP contribution is -2.18. The lowest BCUT2D eigenvalue weighted by molar-refractivity contribution is -0.145. The third-order valence-corrected chi connectivity index (χ3v) is 5.78. The predicted molar refractivity (Wildman–Crippen MR) is 124 cm³/mol. The lowest BCUT2D eigenvalue weighted by Gasteiger charge is -2.15. The zero-order valence-electron chi connectivity index (χ0n) is 17.6. The zero-order valence-corrected chi connectivity index (χ0v) is 19.2. The van der Waals surface area contributed by atoms with E-state index in [2.05, 4.69) is 10.3 Å². The first-order valence-corrected chi connectivity index (χ1v) is 10.9. The average Bonchev–Trinajstić information content (AvgIpc) is 3.24. The van der Waals surface area contributed by atoms with Gasteiger partial charge in [0.05, 0.1) is 35.9 Å². The van der Waals surface area contributed by atoms with Crippen LogP contribution in [0.5, 0.6) is 11.5 Å². The highest BCUT2D eigenvalue weighted by molar-refractivity contribution is 6.39. The van der Waals surface area contributed by atoms with E-state index < -0.39 is 11.9 Å². The predicted octanol–water partition coefficient (Wildman–Crippen LogP) is 5.26. The van der Waals surface area contributed by atoms with E-state index in [0.29, 0.717) is 22.6 Å². The molecule has 3 aromatic rings. The Balaban J connectivity index is 1.56. The van der Waals surface area contributed by atoms with Crippen LogP contribution in [0.1, 0.15) is 33.8 Å². The number of hydrogen-bond donors (Lipinski definition) is 1. The minimum atomic E-state index is -0.447. The summed E-state index contributed by atoms with van der Waals surface area (Å²) in [5.74, 6) is -0.325. The fourth-order valence-electron chi connectivity index (χ4n) is 3.63. The number of methoxy groups -OCH3 is 1. The Kier molecular flexibility index (Phi) is 7.01. The summed E-state index contributed by atoms with van der Waals surface area (Å²) in [4.78, 5) is 29.6. The Morgan fingerprint density at radius 2 is 1.85 bits per heavy atom. The maximum Gasteiger partial charge on any atom is 0.306 e. The second-order valence-corrected chi connectivity index (χ2v) is 8.16. The van der Waals surface area contributed by atoms with Crippen molar-refractivity contribution in [3.63, 3.8) is 0 Å². The molecule has 0 radical (unpaired) electrons. The molecule has 0 fully saturated rings. The molecule has 9 heteroatoms. The largest absolute Gasteiger partial charge is 0.493 e. The van der Waals surface area contributed by atoms with Crippen molar-refractivity contribution in [3.05, 3.63) is 81.6 Å². The highest BCUT2D eigenvalue weighted by Gasteiger charge is 2.34. The number of ether oxygens (including phenoxy) is 3. The van der Waals surface area contributed by atoms with Crippen LogP contribution in [0.2, 0.25) is 10.0 Å². The molecule has 2 heterocycles. The fraction of sp³-hybridized carbons (Fsp3) is 0.208. The van der Waals surface area contributed by atoms with E-state index in [1.165, 1.54) is 19.5 Å². The van der Waals surface area contributed by atoms with E-state index in [9.17, 15) is 9.59 Å². The van der Waals surface area contributed by atoms with Crippen LogP contribution in [0.3, 0.4) is 0 Å². The molecule has 0 bridgehead atoms. The van der Waals surface area contributed by atoms with Crippen molar-refractivity contribution in [1.82, 2.24) is 4.98 Å².